The second-order valence-electron chi connectivity index (χ2n) is 5.88. The number of sulfonamides is 1. The minimum Gasteiger partial charge on any atom is -0.497 e. The molecule has 0 heterocycles. The van der Waals surface area contributed by atoms with Gasteiger partial charge in [-0.15, -0.1) is 0 Å². The predicted molar refractivity (Wildman–Crippen MR) is 105 cm³/mol. The summed E-state index contributed by atoms with van der Waals surface area (Å²) in [6.45, 7) is 0.0799. The molecule has 2 rings (SSSR count). The van der Waals surface area contributed by atoms with E-state index in [0.717, 1.165) is 21.9 Å². The van der Waals surface area contributed by atoms with Crippen LogP contribution in [0.25, 0.3) is 0 Å². The molecule has 0 aliphatic heterocycles. The van der Waals surface area contributed by atoms with Gasteiger partial charge in [0.05, 0.1) is 26.2 Å². The molecule has 7 nitrogen and oxygen atoms in total. The molecule has 0 aliphatic rings. The quantitative estimate of drug-likeness (QED) is 0.704. The zero-order chi connectivity index (χ0) is 19.9. The largest absolute Gasteiger partial charge is 0.497 e. The van der Waals surface area contributed by atoms with Crippen LogP contribution in [0.3, 0.4) is 0 Å². The molecule has 0 fully saturated rings. The summed E-state index contributed by atoms with van der Waals surface area (Å²) in [5, 5.41) is 2.75. The molecule has 0 atom stereocenters. The number of carbonyl (C=O) groups is 1. The number of nitrogens with one attached hydrogen (secondary N) is 1. The summed E-state index contributed by atoms with van der Waals surface area (Å²) in [6, 6.07) is 14.0. The van der Waals surface area contributed by atoms with Gasteiger partial charge in [0.15, 0.2) is 0 Å². The number of benzene rings is 2. The average molecular weight is 392 g/mol. The molecule has 27 heavy (non-hydrogen) atoms. The fourth-order valence-corrected chi connectivity index (χ4v) is 3.44. The minimum atomic E-state index is -3.61. The van der Waals surface area contributed by atoms with Gasteiger partial charge in [0.25, 0.3) is 0 Å². The lowest BCUT2D eigenvalue weighted by molar-refractivity contribution is -0.119. The summed E-state index contributed by atoms with van der Waals surface area (Å²) in [5.41, 5.74) is 1.37. The minimum absolute atomic E-state index is 0.295. The topological polar surface area (TPSA) is 84.9 Å². The maximum Gasteiger partial charge on any atom is 0.240 e. The third-order valence-corrected chi connectivity index (χ3v) is 5.10. The first-order valence-corrected chi connectivity index (χ1v) is 10.2. The number of rotatable bonds is 9. The number of carbonyl (C=O) groups excluding carboxylic acids is 1. The van der Waals surface area contributed by atoms with Gasteiger partial charge in [0, 0.05) is 6.54 Å². The van der Waals surface area contributed by atoms with E-state index in [1.807, 2.05) is 24.3 Å². The summed E-state index contributed by atoms with van der Waals surface area (Å²) < 4.78 is 35.6. The van der Waals surface area contributed by atoms with Gasteiger partial charge in [-0.3, -0.25) is 9.10 Å². The van der Waals surface area contributed by atoms with Crippen molar-refractivity contribution in [1.29, 1.82) is 0 Å². The van der Waals surface area contributed by atoms with Crippen molar-refractivity contribution in [3.63, 3.8) is 0 Å². The van der Waals surface area contributed by atoms with Gasteiger partial charge in [0.1, 0.15) is 18.0 Å². The number of para-hydroxylation sites is 1. The van der Waals surface area contributed by atoms with E-state index in [2.05, 4.69) is 5.32 Å². The Bertz CT molecular complexity index is 866. The molecule has 1 N–H and O–H groups in total. The summed E-state index contributed by atoms with van der Waals surface area (Å²) >= 11 is 0. The first-order chi connectivity index (χ1) is 12.8. The van der Waals surface area contributed by atoms with E-state index in [-0.39, 0.29) is 12.5 Å². The van der Waals surface area contributed by atoms with Crippen LogP contribution in [0.5, 0.6) is 11.5 Å². The van der Waals surface area contributed by atoms with Crippen molar-refractivity contribution < 1.29 is 22.7 Å². The summed E-state index contributed by atoms with van der Waals surface area (Å²) in [4.78, 5) is 12.3. The molecule has 0 aliphatic carbocycles. The molecule has 0 unspecified atom stereocenters. The van der Waals surface area contributed by atoms with Crippen molar-refractivity contribution >= 4 is 21.6 Å². The Morgan fingerprint density at radius 3 is 2.30 bits per heavy atom. The number of nitrogens with zero attached hydrogens (tertiary/aromatic N) is 1. The first kappa shape index (κ1) is 20.6. The number of anilines is 1. The molecule has 8 heteroatoms. The Morgan fingerprint density at radius 1 is 1.04 bits per heavy atom. The van der Waals surface area contributed by atoms with E-state index < -0.39 is 10.0 Å². The van der Waals surface area contributed by atoms with Gasteiger partial charge in [-0.05, 0) is 42.3 Å². The van der Waals surface area contributed by atoms with Crippen LogP contribution in [0.2, 0.25) is 0 Å². The smallest absolute Gasteiger partial charge is 0.240 e. The predicted octanol–water partition coefficient (Wildman–Crippen LogP) is 1.83. The monoisotopic (exact) mass is 392 g/mol. The Hall–Kier alpha value is -2.74. The molecule has 1 amide bonds. The van der Waals surface area contributed by atoms with Gasteiger partial charge >= 0.3 is 0 Å². The fraction of sp³-hybridized carbons (Fsp3) is 0.316. The van der Waals surface area contributed by atoms with Gasteiger partial charge < -0.3 is 14.8 Å². The van der Waals surface area contributed by atoms with Crippen molar-refractivity contribution in [3.05, 3.63) is 54.1 Å². The van der Waals surface area contributed by atoms with Crippen molar-refractivity contribution in [3.8, 4) is 11.5 Å². The van der Waals surface area contributed by atoms with Gasteiger partial charge in [-0.1, -0.05) is 18.2 Å². The van der Waals surface area contributed by atoms with E-state index in [1.54, 1.807) is 31.4 Å². The van der Waals surface area contributed by atoms with E-state index in [4.69, 9.17) is 9.47 Å². The number of hydrogen-bond donors (Lipinski definition) is 1. The number of methoxy groups -OCH3 is 2. The molecule has 0 aromatic heterocycles. The summed E-state index contributed by atoms with van der Waals surface area (Å²) in [7, 11) is -0.489. The molecule has 2 aromatic rings. The number of hydrogen-bond acceptors (Lipinski definition) is 5. The lowest BCUT2D eigenvalue weighted by atomic mass is 10.1. The lowest BCUT2D eigenvalue weighted by Gasteiger charge is -2.22. The van der Waals surface area contributed by atoms with Gasteiger partial charge in [0.2, 0.25) is 15.9 Å². The molecular weight excluding hydrogens is 368 g/mol. The Kier molecular flexibility index (Phi) is 7.06. The number of ether oxygens (including phenoxy) is 2. The molecular formula is C19H24N2O5S. The fourth-order valence-electron chi connectivity index (χ4n) is 2.58. The van der Waals surface area contributed by atoms with Crippen LogP contribution in [-0.2, 0) is 21.2 Å². The second-order valence-corrected chi connectivity index (χ2v) is 7.79. The maximum absolute atomic E-state index is 12.3. The maximum atomic E-state index is 12.3. The Morgan fingerprint density at radius 2 is 1.70 bits per heavy atom. The summed E-state index contributed by atoms with van der Waals surface area (Å²) in [6.07, 6.45) is 1.65. The summed E-state index contributed by atoms with van der Waals surface area (Å²) in [5.74, 6) is 0.974. The molecule has 0 spiro atoms. The first-order valence-electron chi connectivity index (χ1n) is 8.35. The normalized spacial score (nSPS) is 10.9. The molecule has 2 aromatic carbocycles. The number of amides is 1. The molecule has 0 saturated carbocycles. The van der Waals surface area contributed by atoms with Crippen molar-refractivity contribution in [2.24, 2.45) is 0 Å². The van der Waals surface area contributed by atoms with Crippen LogP contribution < -0.4 is 19.1 Å². The zero-order valence-corrected chi connectivity index (χ0v) is 16.5. The highest BCUT2D eigenvalue weighted by Crippen LogP contribution is 2.21. The lowest BCUT2D eigenvalue weighted by Crippen LogP contribution is -2.40. The van der Waals surface area contributed by atoms with E-state index in [1.165, 1.54) is 7.11 Å². The molecule has 0 saturated heterocycles. The SMILES string of the molecule is COc1ccc(N(CC(=O)NCCc2ccccc2OC)S(C)(=O)=O)cc1. The highest BCUT2D eigenvalue weighted by molar-refractivity contribution is 7.92. The standard InChI is InChI=1S/C19H24N2O5S/c1-25-17-10-8-16(9-11-17)21(27(3,23)24)14-19(22)20-13-12-15-6-4-5-7-18(15)26-2/h4-11H,12-14H2,1-3H3,(H,20,22). The van der Waals surface area contributed by atoms with Crippen LogP contribution in [0, 0.1) is 0 Å². The Labute approximate surface area is 160 Å². The molecule has 0 radical (unpaired) electrons. The zero-order valence-electron chi connectivity index (χ0n) is 15.6. The van der Waals surface area contributed by atoms with Crippen molar-refractivity contribution in [2.45, 2.75) is 6.42 Å². The van der Waals surface area contributed by atoms with E-state index >= 15 is 0 Å². The van der Waals surface area contributed by atoms with Crippen molar-refractivity contribution in [1.82, 2.24) is 5.32 Å². The van der Waals surface area contributed by atoms with E-state index in [9.17, 15) is 13.2 Å². The van der Waals surface area contributed by atoms with Crippen LogP contribution in [0.15, 0.2) is 48.5 Å². The van der Waals surface area contributed by atoms with Gasteiger partial charge in [-0.25, -0.2) is 8.42 Å². The third kappa shape index (κ3) is 5.89. The second kappa shape index (κ2) is 9.27. The highest BCUT2D eigenvalue weighted by Gasteiger charge is 2.20. The van der Waals surface area contributed by atoms with Crippen LogP contribution in [0.4, 0.5) is 5.69 Å². The van der Waals surface area contributed by atoms with Crippen molar-refractivity contribution in [2.75, 3.05) is 37.9 Å². The van der Waals surface area contributed by atoms with Crippen LogP contribution in [-0.4, -0.2) is 47.9 Å². The van der Waals surface area contributed by atoms with E-state index in [0.29, 0.717) is 24.4 Å². The molecule has 0 bridgehead atoms. The highest BCUT2D eigenvalue weighted by atomic mass is 32.2. The third-order valence-electron chi connectivity index (χ3n) is 3.96. The van der Waals surface area contributed by atoms with Crippen LogP contribution >= 0.6 is 0 Å². The Balaban J connectivity index is 1.99. The van der Waals surface area contributed by atoms with Crippen LogP contribution in [0.1, 0.15) is 5.56 Å². The van der Waals surface area contributed by atoms with Gasteiger partial charge in [-0.2, -0.15) is 0 Å². The molecule has 146 valence electrons. The average Bonchev–Trinajstić information content (AvgIpc) is 2.66.